The molecule has 1 fully saturated rings. The minimum atomic E-state index is -0.662. The first kappa shape index (κ1) is 20.6. The highest BCUT2D eigenvalue weighted by Gasteiger charge is 2.40. The van der Waals surface area contributed by atoms with Crippen molar-refractivity contribution < 1.29 is 19.1 Å². The van der Waals surface area contributed by atoms with Crippen molar-refractivity contribution in [2.24, 2.45) is 0 Å². The molecular weight excluding hydrogens is 390 g/mol. The minimum Gasteiger partial charge on any atom is -0.465 e. The summed E-state index contributed by atoms with van der Waals surface area (Å²) in [5.41, 5.74) is 1.91. The maximum Gasteiger partial charge on any atom is 0.337 e. The molecule has 148 valence electrons. The molecule has 3 rings (SSSR count). The molecule has 1 aliphatic heterocycles. The molecule has 2 amide bonds. The summed E-state index contributed by atoms with van der Waals surface area (Å²) in [5, 5.41) is 9.15. The fraction of sp³-hybridized carbons (Fsp3) is 0.286. The summed E-state index contributed by atoms with van der Waals surface area (Å²) in [6.45, 7) is 3.99. The average Bonchev–Trinajstić information content (AvgIpc) is 3.00. The first-order valence-corrected chi connectivity index (χ1v) is 9.86. The summed E-state index contributed by atoms with van der Waals surface area (Å²) in [7, 11) is 1.28. The number of pyridine rings is 1. The molecule has 1 unspecified atom stereocenters. The molecule has 0 radical (unpaired) electrons. The maximum absolute atomic E-state index is 12.9. The summed E-state index contributed by atoms with van der Waals surface area (Å²) >= 11 is 1.14. The van der Waals surface area contributed by atoms with E-state index in [0.717, 1.165) is 22.4 Å². The first-order chi connectivity index (χ1) is 13.8. The van der Waals surface area contributed by atoms with Crippen LogP contribution in [0.5, 0.6) is 0 Å². The van der Waals surface area contributed by atoms with Crippen LogP contribution in [0.25, 0.3) is 0 Å². The first-order valence-electron chi connectivity index (χ1n) is 8.98. The second-order valence-corrected chi connectivity index (χ2v) is 7.96. The molecule has 1 atom stereocenters. The van der Waals surface area contributed by atoms with Gasteiger partial charge >= 0.3 is 5.97 Å². The van der Waals surface area contributed by atoms with Crippen LogP contribution in [0.4, 0.5) is 5.69 Å². The van der Waals surface area contributed by atoms with E-state index in [4.69, 9.17) is 0 Å². The summed E-state index contributed by atoms with van der Waals surface area (Å²) in [5.74, 6) is -1.03. The Morgan fingerprint density at radius 2 is 1.93 bits per heavy atom. The van der Waals surface area contributed by atoms with Crippen molar-refractivity contribution in [2.45, 2.75) is 36.5 Å². The Kier molecular flexibility index (Phi) is 5.99. The molecule has 7 nitrogen and oxygen atoms in total. The summed E-state index contributed by atoms with van der Waals surface area (Å²) in [4.78, 5) is 42.6. The van der Waals surface area contributed by atoms with E-state index in [-0.39, 0.29) is 24.2 Å². The minimum absolute atomic E-state index is 0.0146. The zero-order valence-electron chi connectivity index (χ0n) is 16.2. The lowest BCUT2D eigenvalue weighted by molar-refractivity contribution is -0.121. The Morgan fingerprint density at radius 1 is 1.24 bits per heavy atom. The Labute approximate surface area is 172 Å². The van der Waals surface area contributed by atoms with Gasteiger partial charge in [0, 0.05) is 12.1 Å². The number of amides is 2. The number of thioether (sulfide) groups is 1. The van der Waals surface area contributed by atoms with E-state index >= 15 is 0 Å². The second-order valence-electron chi connectivity index (χ2n) is 6.77. The third kappa shape index (κ3) is 4.15. The lowest BCUT2D eigenvalue weighted by Gasteiger charge is -2.15. The molecular formula is C21H19N3O4S. The van der Waals surface area contributed by atoms with Gasteiger partial charge in [-0.05, 0) is 42.3 Å². The molecule has 1 saturated heterocycles. The molecule has 8 heteroatoms. The number of carbonyl (C=O) groups is 3. The van der Waals surface area contributed by atoms with E-state index in [1.54, 1.807) is 12.1 Å². The Hall–Kier alpha value is -3.18. The smallest absolute Gasteiger partial charge is 0.337 e. The van der Waals surface area contributed by atoms with Crippen LogP contribution >= 0.6 is 11.8 Å². The van der Waals surface area contributed by atoms with Crippen molar-refractivity contribution in [1.29, 1.82) is 5.26 Å². The van der Waals surface area contributed by atoms with E-state index in [2.05, 4.69) is 15.8 Å². The van der Waals surface area contributed by atoms with Gasteiger partial charge in [-0.1, -0.05) is 25.6 Å². The van der Waals surface area contributed by atoms with Crippen LogP contribution in [-0.4, -0.2) is 35.1 Å². The number of anilines is 1. The van der Waals surface area contributed by atoms with Gasteiger partial charge in [-0.15, -0.1) is 0 Å². The van der Waals surface area contributed by atoms with Gasteiger partial charge in [0.15, 0.2) is 0 Å². The lowest BCUT2D eigenvalue weighted by Crippen LogP contribution is -2.31. The van der Waals surface area contributed by atoms with Gasteiger partial charge in [-0.25, -0.2) is 14.7 Å². The fourth-order valence-corrected chi connectivity index (χ4v) is 4.02. The van der Waals surface area contributed by atoms with Crippen LogP contribution in [0.3, 0.4) is 0 Å². The summed E-state index contributed by atoms with van der Waals surface area (Å²) in [6, 6.07) is 11.7. The number of aromatic nitrogens is 1. The van der Waals surface area contributed by atoms with Gasteiger partial charge in [0.25, 0.3) is 0 Å². The van der Waals surface area contributed by atoms with Gasteiger partial charge < -0.3 is 4.74 Å². The zero-order valence-corrected chi connectivity index (χ0v) is 17.0. The van der Waals surface area contributed by atoms with Crippen LogP contribution in [-0.2, 0) is 14.3 Å². The molecule has 0 saturated carbocycles. The van der Waals surface area contributed by atoms with Crippen LogP contribution in [0.1, 0.15) is 47.8 Å². The molecule has 1 aliphatic rings. The number of nitriles is 1. The average molecular weight is 409 g/mol. The van der Waals surface area contributed by atoms with Gasteiger partial charge in [0.1, 0.15) is 11.1 Å². The highest BCUT2D eigenvalue weighted by atomic mass is 32.2. The standard InChI is InChI=1S/C21H19N3O4S/c1-12(2)16-9-6-14(11-22)19(23-16)29-17-10-18(25)24(20(17)26)15-7-4-13(5-8-15)21(27)28-3/h4-9,12,17H,10H2,1-3H3. The van der Waals surface area contributed by atoms with Crippen LogP contribution in [0.15, 0.2) is 41.4 Å². The van der Waals surface area contributed by atoms with E-state index in [9.17, 15) is 19.6 Å². The Morgan fingerprint density at radius 3 is 2.52 bits per heavy atom. The van der Waals surface area contributed by atoms with Gasteiger partial charge in [0.05, 0.1) is 29.2 Å². The van der Waals surface area contributed by atoms with E-state index in [1.807, 2.05) is 13.8 Å². The number of hydrogen-bond donors (Lipinski definition) is 0. The predicted octanol–water partition coefficient (Wildman–Crippen LogP) is 3.29. The van der Waals surface area contributed by atoms with E-state index in [1.165, 1.54) is 31.4 Å². The molecule has 0 aliphatic carbocycles. The van der Waals surface area contributed by atoms with Gasteiger partial charge in [-0.2, -0.15) is 5.26 Å². The van der Waals surface area contributed by atoms with Crippen LogP contribution in [0.2, 0.25) is 0 Å². The molecule has 29 heavy (non-hydrogen) atoms. The van der Waals surface area contributed by atoms with E-state index in [0.29, 0.717) is 21.8 Å². The van der Waals surface area contributed by atoms with Crippen molar-refractivity contribution in [1.82, 2.24) is 4.98 Å². The van der Waals surface area contributed by atoms with Crippen molar-refractivity contribution >= 4 is 35.2 Å². The quantitative estimate of drug-likeness (QED) is 0.552. The number of carbonyl (C=O) groups excluding carboxylic acids is 3. The number of rotatable bonds is 5. The molecule has 1 aromatic carbocycles. The maximum atomic E-state index is 12.9. The third-order valence-electron chi connectivity index (χ3n) is 4.50. The Balaban J connectivity index is 1.84. The van der Waals surface area contributed by atoms with Crippen molar-refractivity contribution in [3.8, 4) is 6.07 Å². The normalized spacial score (nSPS) is 16.2. The number of imide groups is 1. The van der Waals surface area contributed by atoms with Crippen molar-refractivity contribution in [3.63, 3.8) is 0 Å². The molecule has 1 aromatic heterocycles. The molecule has 0 spiro atoms. The van der Waals surface area contributed by atoms with Crippen molar-refractivity contribution in [2.75, 3.05) is 12.0 Å². The van der Waals surface area contributed by atoms with Crippen molar-refractivity contribution in [3.05, 3.63) is 53.2 Å². The fourth-order valence-electron chi connectivity index (χ4n) is 2.92. The topological polar surface area (TPSA) is 100 Å². The number of methoxy groups -OCH3 is 1. The monoisotopic (exact) mass is 409 g/mol. The van der Waals surface area contributed by atoms with Gasteiger partial charge in [0.2, 0.25) is 11.8 Å². The number of ether oxygens (including phenoxy) is 1. The highest BCUT2D eigenvalue weighted by molar-refractivity contribution is 8.00. The Bertz CT molecular complexity index is 1010. The highest BCUT2D eigenvalue weighted by Crippen LogP contribution is 2.35. The number of hydrogen-bond acceptors (Lipinski definition) is 7. The summed E-state index contributed by atoms with van der Waals surface area (Å²) < 4.78 is 4.65. The third-order valence-corrected chi connectivity index (χ3v) is 5.69. The number of benzene rings is 1. The molecule has 0 N–H and O–H groups in total. The summed E-state index contributed by atoms with van der Waals surface area (Å²) in [6.07, 6.45) is 0.0146. The largest absolute Gasteiger partial charge is 0.465 e. The van der Waals surface area contributed by atoms with E-state index < -0.39 is 11.2 Å². The second kappa shape index (κ2) is 8.45. The van der Waals surface area contributed by atoms with Crippen LogP contribution in [0, 0.1) is 11.3 Å². The lowest BCUT2D eigenvalue weighted by atomic mass is 10.1. The SMILES string of the molecule is COC(=O)c1ccc(N2C(=O)CC(Sc3nc(C(C)C)ccc3C#N)C2=O)cc1. The molecule has 0 bridgehead atoms. The van der Waals surface area contributed by atoms with Crippen LogP contribution < -0.4 is 4.90 Å². The number of esters is 1. The number of nitrogens with zero attached hydrogens (tertiary/aromatic N) is 3. The molecule has 2 heterocycles. The zero-order chi connectivity index (χ0) is 21.1. The van der Waals surface area contributed by atoms with Gasteiger partial charge in [-0.3, -0.25) is 9.59 Å². The predicted molar refractivity (Wildman–Crippen MR) is 108 cm³/mol. The molecule has 2 aromatic rings.